The minimum absolute atomic E-state index is 0.0526. The summed E-state index contributed by atoms with van der Waals surface area (Å²) in [7, 11) is 0. The summed E-state index contributed by atoms with van der Waals surface area (Å²) < 4.78 is 0. The maximum absolute atomic E-state index is 12.0. The van der Waals surface area contributed by atoms with E-state index < -0.39 is 12.1 Å². The summed E-state index contributed by atoms with van der Waals surface area (Å²) in [5.41, 5.74) is 5.31. The lowest BCUT2D eigenvalue weighted by molar-refractivity contribution is -0.139. The molecule has 6 nitrogen and oxygen atoms in total. The van der Waals surface area contributed by atoms with Crippen molar-refractivity contribution in [1.82, 2.24) is 10.2 Å². The third kappa shape index (κ3) is 3.26. The highest BCUT2D eigenvalue weighted by atomic mass is 16.2. The van der Waals surface area contributed by atoms with E-state index in [2.05, 4.69) is 5.32 Å². The van der Waals surface area contributed by atoms with Gasteiger partial charge in [-0.05, 0) is 19.8 Å². The number of hydrogen-bond acceptors (Lipinski definition) is 4. The summed E-state index contributed by atoms with van der Waals surface area (Å²) in [5, 5.41) is 2.52. The molecule has 1 heterocycles. The highest BCUT2D eigenvalue weighted by Gasteiger charge is 2.35. The van der Waals surface area contributed by atoms with Gasteiger partial charge in [-0.2, -0.15) is 0 Å². The van der Waals surface area contributed by atoms with E-state index in [0.29, 0.717) is 13.0 Å². The van der Waals surface area contributed by atoms with Crippen molar-refractivity contribution in [1.29, 1.82) is 0 Å². The zero-order valence-corrected chi connectivity index (χ0v) is 10.2. The van der Waals surface area contributed by atoms with Gasteiger partial charge in [-0.1, -0.05) is 0 Å². The molecular formula is C11H19N3O3. The quantitative estimate of drug-likeness (QED) is 0.662. The topological polar surface area (TPSA) is 92.5 Å². The van der Waals surface area contributed by atoms with Gasteiger partial charge in [0, 0.05) is 13.5 Å². The summed E-state index contributed by atoms with van der Waals surface area (Å²) >= 11 is 0. The number of nitrogens with zero attached hydrogens (tertiary/aromatic N) is 1. The van der Waals surface area contributed by atoms with Crippen LogP contribution in [0.5, 0.6) is 0 Å². The molecule has 0 spiro atoms. The van der Waals surface area contributed by atoms with Gasteiger partial charge in [0.2, 0.25) is 11.8 Å². The molecule has 1 aliphatic heterocycles. The van der Waals surface area contributed by atoms with E-state index in [1.54, 1.807) is 6.92 Å². The van der Waals surface area contributed by atoms with Crippen LogP contribution in [-0.2, 0) is 14.4 Å². The van der Waals surface area contributed by atoms with Crippen molar-refractivity contribution in [2.45, 2.75) is 38.8 Å². The van der Waals surface area contributed by atoms with Crippen LogP contribution < -0.4 is 11.1 Å². The molecule has 3 N–H and O–H groups in total. The summed E-state index contributed by atoms with van der Waals surface area (Å²) in [6.45, 7) is 3.48. The molecule has 0 aromatic heterocycles. The molecule has 2 atom stereocenters. The number of hydrogen-bond donors (Lipinski definition) is 2. The van der Waals surface area contributed by atoms with Gasteiger partial charge in [-0.15, -0.1) is 0 Å². The normalized spacial score (nSPS) is 21.1. The maximum Gasteiger partial charge on any atom is 0.245 e. The van der Waals surface area contributed by atoms with Crippen molar-refractivity contribution in [3.05, 3.63) is 0 Å². The van der Waals surface area contributed by atoms with Gasteiger partial charge in [0.25, 0.3) is 0 Å². The van der Waals surface area contributed by atoms with Crippen LogP contribution in [0.2, 0.25) is 0 Å². The maximum atomic E-state index is 12.0. The zero-order valence-electron chi connectivity index (χ0n) is 10.2. The molecular weight excluding hydrogens is 222 g/mol. The SMILES string of the molecule is CC(=O)N[C@H](C)C(=O)N1CCC[C@H]1C(=O)CN. The van der Waals surface area contributed by atoms with Crippen LogP contribution >= 0.6 is 0 Å². The fourth-order valence-corrected chi connectivity index (χ4v) is 2.12. The highest BCUT2D eigenvalue weighted by Crippen LogP contribution is 2.18. The molecule has 0 aromatic carbocycles. The molecule has 0 saturated carbocycles. The van der Waals surface area contributed by atoms with Crippen molar-refractivity contribution in [2.24, 2.45) is 5.73 Å². The summed E-state index contributed by atoms with van der Waals surface area (Å²) in [6.07, 6.45) is 1.46. The minimum atomic E-state index is -0.598. The molecule has 96 valence electrons. The van der Waals surface area contributed by atoms with Crippen LogP contribution in [0.25, 0.3) is 0 Å². The van der Waals surface area contributed by atoms with E-state index in [1.807, 2.05) is 0 Å². The average Bonchev–Trinajstić information content (AvgIpc) is 2.74. The van der Waals surface area contributed by atoms with Gasteiger partial charge in [-0.3, -0.25) is 14.4 Å². The molecule has 1 rings (SSSR count). The Bertz CT molecular complexity index is 330. The number of Topliss-reactive ketones (excluding diaryl/α,β-unsaturated/α-hetero) is 1. The van der Waals surface area contributed by atoms with Crippen LogP contribution in [0.4, 0.5) is 0 Å². The fourth-order valence-electron chi connectivity index (χ4n) is 2.12. The summed E-state index contributed by atoms with van der Waals surface area (Å²) in [4.78, 5) is 36.0. The largest absolute Gasteiger partial charge is 0.345 e. The van der Waals surface area contributed by atoms with Crippen LogP contribution in [0, 0.1) is 0 Å². The first kappa shape index (κ1) is 13.6. The van der Waals surface area contributed by atoms with Crippen LogP contribution in [-0.4, -0.2) is 47.7 Å². The monoisotopic (exact) mass is 241 g/mol. The Morgan fingerprint density at radius 2 is 2.12 bits per heavy atom. The molecule has 17 heavy (non-hydrogen) atoms. The van der Waals surface area contributed by atoms with E-state index in [1.165, 1.54) is 11.8 Å². The zero-order chi connectivity index (χ0) is 13.0. The third-order valence-corrected chi connectivity index (χ3v) is 2.90. The minimum Gasteiger partial charge on any atom is -0.345 e. The molecule has 1 saturated heterocycles. The number of rotatable bonds is 4. The lowest BCUT2D eigenvalue weighted by Gasteiger charge is -2.26. The van der Waals surface area contributed by atoms with Crippen LogP contribution in [0.1, 0.15) is 26.7 Å². The van der Waals surface area contributed by atoms with Gasteiger partial charge in [-0.25, -0.2) is 0 Å². The van der Waals surface area contributed by atoms with Gasteiger partial charge < -0.3 is 16.0 Å². The number of amides is 2. The van der Waals surface area contributed by atoms with E-state index in [0.717, 1.165) is 6.42 Å². The van der Waals surface area contributed by atoms with Gasteiger partial charge in [0.15, 0.2) is 5.78 Å². The van der Waals surface area contributed by atoms with Crippen LogP contribution in [0.15, 0.2) is 0 Å². The first-order valence-electron chi connectivity index (χ1n) is 5.77. The standard InChI is InChI=1S/C11H19N3O3/c1-7(13-8(2)15)11(17)14-5-3-4-9(14)10(16)6-12/h7,9H,3-6,12H2,1-2H3,(H,13,15)/t7-,9+/m1/s1. The molecule has 0 bridgehead atoms. The number of carbonyl (C=O) groups excluding carboxylic acids is 3. The predicted molar refractivity (Wildman–Crippen MR) is 62.1 cm³/mol. The molecule has 6 heteroatoms. The molecule has 0 unspecified atom stereocenters. The summed E-state index contributed by atoms with van der Waals surface area (Å²) in [5.74, 6) is -0.595. The van der Waals surface area contributed by atoms with Gasteiger partial charge in [0.05, 0.1) is 12.6 Å². The number of likely N-dealkylation sites (tertiary alicyclic amines) is 1. The van der Waals surface area contributed by atoms with Gasteiger partial charge in [0.1, 0.15) is 6.04 Å². The first-order chi connectivity index (χ1) is 7.97. The van der Waals surface area contributed by atoms with Gasteiger partial charge >= 0.3 is 0 Å². The Morgan fingerprint density at radius 3 is 2.65 bits per heavy atom. The second-order valence-corrected chi connectivity index (χ2v) is 4.28. The summed E-state index contributed by atoms with van der Waals surface area (Å²) in [6, 6.07) is -1.01. The van der Waals surface area contributed by atoms with Crippen LogP contribution in [0.3, 0.4) is 0 Å². The predicted octanol–water partition coefficient (Wildman–Crippen LogP) is -0.970. The average molecular weight is 241 g/mol. The van der Waals surface area contributed by atoms with Crippen molar-refractivity contribution in [3.8, 4) is 0 Å². The van der Waals surface area contributed by atoms with E-state index in [9.17, 15) is 14.4 Å². The van der Waals surface area contributed by atoms with E-state index >= 15 is 0 Å². The highest BCUT2D eigenvalue weighted by molar-refractivity contribution is 5.93. The Kier molecular flexibility index (Phi) is 4.62. The third-order valence-electron chi connectivity index (χ3n) is 2.90. The Morgan fingerprint density at radius 1 is 1.47 bits per heavy atom. The Hall–Kier alpha value is -1.43. The lowest BCUT2D eigenvalue weighted by Crippen LogP contribution is -2.50. The van der Waals surface area contributed by atoms with Crippen molar-refractivity contribution in [2.75, 3.05) is 13.1 Å². The number of nitrogens with one attached hydrogen (secondary N) is 1. The molecule has 2 amide bonds. The number of nitrogens with two attached hydrogens (primary N) is 1. The number of carbonyl (C=O) groups is 3. The van der Waals surface area contributed by atoms with Crippen molar-refractivity contribution >= 4 is 17.6 Å². The van der Waals surface area contributed by atoms with Crippen molar-refractivity contribution < 1.29 is 14.4 Å². The molecule has 0 aromatic rings. The first-order valence-corrected chi connectivity index (χ1v) is 5.77. The van der Waals surface area contributed by atoms with Crippen molar-refractivity contribution in [3.63, 3.8) is 0 Å². The smallest absolute Gasteiger partial charge is 0.245 e. The molecule has 0 aliphatic carbocycles. The number of ketones is 1. The fraction of sp³-hybridized carbons (Fsp3) is 0.727. The molecule has 0 radical (unpaired) electrons. The van der Waals surface area contributed by atoms with E-state index in [-0.39, 0.29) is 24.1 Å². The Balaban J connectivity index is 2.67. The van der Waals surface area contributed by atoms with E-state index in [4.69, 9.17) is 5.73 Å². The lowest BCUT2D eigenvalue weighted by atomic mass is 10.1. The molecule has 1 fully saturated rings. The Labute approximate surface area is 101 Å². The second kappa shape index (κ2) is 5.77. The second-order valence-electron chi connectivity index (χ2n) is 4.28. The molecule has 1 aliphatic rings.